The van der Waals surface area contributed by atoms with Gasteiger partial charge in [-0.3, -0.25) is 0 Å². The van der Waals surface area contributed by atoms with Gasteiger partial charge in [0, 0.05) is 0 Å². The lowest BCUT2D eigenvalue weighted by atomic mass is 9.90. The molecule has 1 aliphatic rings. The molecule has 3 nitrogen and oxygen atoms in total. The molecular formula is C8H3Cl3N2O. The second kappa shape index (κ2) is 3.81. The maximum absolute atomic E-state index is 9.73. The van der Waals surface area contributed by atoms with Gasteiger partial charge in [0.15, 0.2) is 0 Å². The van der Waals surface area contributed by atoms with Crippen LogP contribution in [0.1, 0.15) is 0 Å². The Morgan fingerprint density at radius 2 is 2.00 bits per heavy atom. The second-order valence-corrected chi connectivity index (χ2v) is 3.84. The first-order chi connectivity index (χ1) is 6.47. The van der Waals surface area contributed by atoms with E-state index in [1.165, 1.54) is 12.1 Å². The van der Waals surface area contributed by atoms with E-state index in [2.05, 4.69) is 0 Å². The molecule has 1 aliphatic carbocycles. The lowest BCUT2D eigenvalue weighted by Gasteiger charge is -2.28. The van der Waals surface area contributed by atoms with E-state index < -0.39 is 11.0 Å². The smallest absolute Gasteiger partial charge is 0.210 e. The third kappa shape index (κ3) is 1.49. The van der Waals surface area contributed by atoms with Gasteiger partial charge in [-0.25, -0.2) is 0 Å². The van der Waals surface area contributed by atoms with Crippen LogP contribution in [0, 0.1) is 22.7 Å². The van der Waals surface area contributed by atoms with Crippen LogP contribution in [0.2, 0.25) is 0 Å². The first kappa shape index (κ1) is 11.4. The predicted octanol–water partition coefficient (Wildman–Crippen LogP) is 2.00. The van der Waals surface area contributed by atoms with Gasteiger partial charge < -0.3 is 5.11 Å². The van der Waals surface area contributed by atoms with E-state index in [1.807, 2.05) is 0 Å². The van der Waals surface area contributed by atoms with Crippen LogP contribution in [0.4, 0.5) is 0 Å². The molecule has 0 fully saturated rings. The van der Waals surface area contributed by atoms with Gasteiger partial charge in [-0.05, 0) is 6.08 Å². The molecule has 0 saturated heterocycles. The van der Waals surface area contributed by atoms with Crippen LogP contribution in [0.5, 0.6) is 0 Å². The van der Waals surface area contributed by atoms with Gasteiger partial charge in [-0.1, -0.05) is 23.2 Å². The van der Waals surface area contributed by atoms with Crippen molar-refractivity contribution in [3.63, 3.8) is 0 Å². The molecule has 0 aromatic rings. The first-order valence-electron chi connectivity index (χ1n) is 3.42. The summed E-state index contributed by atoms with van der Waals surface area (Å²) in [4.78, 5) is 0. The molecule has 2 unspecified atom stereocenters. The number of alkyl halides is 1. The summed E-state index contributed by atoms with van der Waals surface area (Å²) < 4.78 is 0. The van der Waals surface area contributed by atoms with Crippen LogP contribution >= 0.6 is 34.8 Å². The number of nitrogens with zero attached hydrogens (tertiary/aromatic N) is 2. The minimum Gasteiger partial charge on any atom is -0.369 e. The zero-order valence-corrected chi connectivity index (χ0v) is 8.90. The number of hydrogen-bond acceptors (Lipinski definition) is 3. The van der Waals surface area contributed by atoms with Gasteiger partial charge in [-0.15, -0.1) is 11.6 Å². The van der Waals surface area contributed by atoms with Crippen molar-refractivity contribution in [2.75, 3.05) is 0 Å². The van der Waals surface area contributed by atoms with Crippen molar-refractivity contribution in [3.05, 3.63) is 21.7 Å². The number of aliphatic hydroxyl groups is 1. The lowest BCUT2D eigenvalue weighted by molar-refractivity contribution is 0.148. The van der Waals surface area contributed by atoms with E-state index in [9.17, 15) is 5.11 Å². The first-order valence-corrected chi connectivity index (χ1v) is 4.61. The molecule has 14 heavy (non-hydrogen) atoms. The molecule has 0 aromatic carbocycles. The van der Waals surface area contributed by atoms with E-state index in [4.69, 9.17) is 45.3 Å². The Bertz CT molecular complexity index is 415. The van der Waals surface area contributed by atoms with Gasteiger partial charge in [0.05, 0.1) is 21.7 Å². The molecule has 6 heteroatoms. The Morgan fingerprint density at radius 1 is 1.43 bits per heavy atom. The van der Waals surface area contributed by atoms with E-state index in [-0.39, 0.29) is 15.6 Å². The molecule has 0 spiro atoms. The minimum atomic E-state index is -2.12. The third-order valence-corrected chi connectivity index (χ3v) is 3.20. The van der Waals surface area contributed by atoms with Gasteiger partial charge in [0.1, 0.15) is 11.4 Å². The fourth-order valence-electron chi connectivity index (χ4n) is 0.986. The molecule has 0 saturated carbocycles. The third-order valence-electron chi connectivity index (χ3n) is 1.77. The van der Waals surface area contributed by atoms with Crippen LogP contribution < -0.4 is 0 Å². The van der Waals surface area contributed by atoms with Crippen molar-refractivity contribution in [2.24, 2.45) is 0 Å². The number of nitriles is 2. The minimum absolute atomic E-state index is 0.00474. The van der Waals surface area contributed by atoms with Crippen molar-refractivity contribution in [2.45, 2.75) is 11.0 Å². The molecule has 0 heterocycles. The molecule has 0 aromatic heterocycles. The highest BCUT2D eigenvalue weighted by atomic mass is 35.5. The van der Waals surface area contributed by atoms with Crippen LogP contribution in [0.25, 0.3) is 0 Å². The predicted molar refractivity (Wildman–Crippen MR) is 52.6 cm³/mol. The molecule has 72 valence electrons. The standard InChI is InChI=1S/C8H3Cl3N2O/c9-5-1-4(2-12)6(10)8(14,3-13)7(5)11/h1,6,14H. The van der Waals surface area contributed by atoms with Gasteiger partial charge >= 0.3 is 0 Å². The van der Waals surface area contributed by atoms with Crippen LogP contribution in [0.15, 0.2) is 21.7 Å². The SMILES string of the molecule is N#CC1=CC(Cl)=C(Cl)C(O)(C#N)C1Cl. The molecule has 0 aliphatic heterocycles. The monoisotopic (exact) mass is 248 g/mol. The highest BCUT2D eigenvalue weighted by Crippen LogP contribution is 2.39. The van der Waals surface area contributed by atoms with Gasteiger partial charge in [0.2, 0.25) is 5.60 Å². The van der Waals surface area contributed by atoms with Crippen LogP contribution in [0.3, 0.4) is 0 Å². The lowest BCUT2D eigenvalue weighted by Crippen LogP contribution is -2.41. The summed E-state index contributed by atoms with van der Waals surface area (Å²) in [6, 6.07) is 3.27. The van der Waals surface area contributed by atoms with Crippen molar-refractivity contribution < 1.29 is 5.11 Å². The summed E-state index contributed by atoms with van der Waals surface area (Å²) in [5.74, 6) is 0. The average Bonchev–Trinajstić information content (AvgIpc) is 2.20. The molecule has 0 bridgehead atoms. The van der Waals surface area contributed by atoms with E-state index in [0.29, 0.717) is 0 Å². The van der Waals surface area contributed by atoms with E-state index >= 15 is 0 Å². The fraction of sp³-hybridized carbons (Fsp3) is 0.250. The maximum Gasteiger partial charge on any atom is 0.210 e. The molecular weight excluding hydrogens is 246 g/mol. The van der Waals surface area contributed by atoms with Crippen molar-refractivity contribution in [1.29, 1.82) is 10.5 Å². The molecule has 1 N–H and O–H groups in total. The van der Waals surface area contributed by atoms with E-state index in [1.54, 1.807) is 6.07 Å². The summed E-state index contributed by atoms with van der Waals surface area (Å²) in [7, 11) is 0. The number of rotatable bonds is 0. The molecule has 0 radical (unpaired) electrons. The summed E-state index contributed by atoms with van der Waals surface area (Å²) >= 11 is 17.0. The van der Waals surface area contributed by atoms with Crippen LogP contribution in [-0.4, -0.2) is 16.1 Å². The highest BCUT2D eigenvalue weighted by molar-refractivity contribution is 6.42. The highest BCUT2D eigenvalue weighted by Gasteiger charge is 2.45. The Hall–Kier alpha value is -0.710. The molecule has 2 atom stereocenters. The van der Waals surface area contributed by atoms with Crippen molar-refractivity contribution in [1.82, 2.24) is 0 Å². The Labute approximate surface area is 95.4 Å². The fourth-order valence-corrected chi connectivity index (χ4v) is 1.78. The number of hydrogen-bond donors (Lipinski definition) is 1. The van der Waals surface area contributed by atoms with Crippen molar-refractivity contribution >= 4 is 34.8 Å². The number of halogens is 3. The maximum atomic E-state index is 9.73. The summed E-state index contributed by atoms with van der Waals surface area (Å²) in [5, 5.41) is 25.6. The Morgan fingerprint density at radius 3 is 2.43 bits per heavy atom. The Kier molecular flexibility index (Phi) is 3.09. The summed E-state index contributed by atoms with van der Waals surface area (Å²) in [6.07, 6.45) is 1.23. The number of allylic oxidation sites excluding steroid dienone is 2. The van der Waals surface area contributed by atoms with Crippen LogP contribution in [-0.2, 0) is 0 Å². The zero-order valence-electron chi connectivity index (χ0n) is 6.63. The summed E-state index contributed by atoms with van der Waals surface area (Å²) in [5.41, 5.74) is -2.12. The largest absolute Gasteiger partial charge is 0.369 e. The molecule has 1 rings (SSSR count). The van der Waals surface area contributed by atoms with Gasteiger partial charge in [-0.2, -0.15) is 10.5 Å². The van der Waals surface area contributed by atoms with Crippen molar-refractivity contribution in [3.8, 4) is 12.1 Å². The summed E-state index contributed by atoms with van der Waals surface area (Å²) in [6.45, 7) is 0. The average molecular weight is 249 g/mol. The Balaban J connectivity index is 3.38. The normalized spacial score (nSPS) is 31.9. The molecule has 0 amide bonds. The second-order valence-electron chi connectivity index (χ2n) is 2.61. The topological polar surface area (TPSA) is 67.8 Å². The van der Waals surface area contributed by atoms with Gasteiger partial charge in [0.25, 0.3) is 0 Å². The zero-order chi connectivity index (χ0) is 10.9. The quantitative estimate of drug-likeness (QED) is 0.527. The van der Waals surface area contributed by atoms with E-state index in [0.717, 1.165) is 0 Å².